The van der Waals surface area contributed by atoms with Crippen LogP contribution < -0.4 is 4.90 Å². The van der Waals surface area contributed by atoms with E-state index in [2.05, 4.69) is 0 Å². The minimum atomic E-state index is -0.607. The summed E-state index contributed by atoms with van der Waals surface area (Å²) >= 11 is 6.28. The number of non-ortho nitro benzene ring substituents is 1. The molecule has 1 aliphatic carbocycles. The first-order valence-electron chi connectivity index (χ1n) is 9.69. The number of hydrogen-bond acceptors (Lipinski definition) is 6. The maximum atomic E-state index is 13.0. The Morgan fingerprint density at radius 2 is 1.77 bits per heavy atom. The summed E-state index contributed by atoms with van der Waals surface area (Å²) in [5.41, 5.74) is 0.938. The maximum absolute atomic E-state index is 13.0. The van der Waals surface area contributed by atoms with Crippen LogP contribution in [0.15, 0.2) is 48.2 Å². The number of nitro benzene ring substituents is 1. The highest BCUT2D eigenvalue weighted by atomic mass is 35.5. The lowest BCUT2D eigenvalue weighted by molar-refractivity contribution is -0.384. The van der Waals surface area contributed by atoms with E-state index in [1.807, 2.05) is 32.8 Å². The van der Waals surface area contributed by atoms with Gasteiger partial charge in [-0.2, -0.15) is 0 Å². The van der Waals surface area contributed by atoms with Gasteiger partial charge in [0.2, 0.25) is 0 Å². The van der Waals surface area contributed by atoms with E-state index in [-0.39, 0.29) is 39.8 Å². The van der Waals surface area contributed by atoms with Gasteiger partial charge in [0.25, 0.3) is 5.69 Å². The number of carbonyl (C=O) groups is 2. The molecule has 0 unspecified atom stereocenters. The number of esters is 1. The predicted octanol–water partition coefficient (Wildman–Crippen LogP) is 5.27. The van der Waals surface area contributed by atoms with Gasteiger partial charge in [0.1, 0.15) is 5.76 Å². The zero-order chi connectivity index (χ0) is 22.9. The van der Waals surface area contributed by atoms with Crippen molar-refractivity contribution in [2.24, 2.45) is 5.41 Å². The van der Waals surface area contributed by atoms with Crippen LogP contribution in [-0.2, 0) is 9.53 Å². The highest BCUT2D eigenvalue weighted by Crippen LogP contribution is 2.43. The third kappa shape index (κ3) is 4.94. The van der Waals surface area contributed by atoms with E-state index in [0.29, 0.717) is 12.0 Å². The molecule has 3 rings (SSSR count). The van der Waals surface area contributed by atoms with Crippen LogP contribution in [0.5, 0.6) is 0 Å². The van der Waals surface area contributed by atoms with Gasteiger partial charge in [-0.15, -0.1) is 0 Å². The van der Waals surface area contributed by atoms with Gasteiger partial charge < -0.3 is 9.64 Å². The average Bonchev–Trinajstić information content (AvgIpc) is 2.67. The maximum Gasteiger partial charge on any atom is 0.343 e. The van der Waals surface area contributed by atoms with E-state index < -0.39 is 16.3 Å². The normalized spacial score (nSPS) is 15.6. The van der Waals surface area contributed by atoms with Crippen LogP contribution in [-0.4, -0.2) is 30.8 Å². The summed E-state index contributed by atoms with van der Waals surface area (Å²) in [7, 11) is 3.78. The van der Waals surface area contributed by atoms with Crippen LogP contribution in [0.4, 0.5) is 11.4 Å². The fourth-order valence-electron chi connectivity index (χ4n) is 3.54. The molecule has 0 aliphatic heterocycles. The molecule has 8 heteroatoms. The topological polar surface area (TPSA) is 89.8 Å². The molecular weight excluding hydrogens is 420 g/mol. The third-order valence-corrected chi connectivity index (χ3v) is 5.43. The lowest BCUT2D eigenvalue weighted by Crippen LogP contribution is -2.27. The molecule has 0 saturated carbocycles. The molecule has 2 aromatic rings. The summed E-state index contributed by atoms with van der Waals surface area (Å²) < 4.78 is 5.68. The Bertz CT molecular complexity index is 1090. The minimum absolute atomic E-state index is 0.117. The highest BCUT2D eigenvalue weighted by molar-refractivity contribution is 6.35. The second-order valence-corrected chi connectivity index (χ2v) is 8.90. The van der Waals surface area contributed by atoms with Crippen LogP contribution in [0.2, 0.25) is 5.02 Å². The van der Waals surface area contributed by atoms with Crippen LogP contribution in [0.1, 0.15) is 42.6 Å². The molecule has 7 nitrogen and oxygen atoms in total. The lowest BCUT2D eigenvalue weighted by Gasteiger charge is -2.31. The first-order chi connectivity index (χ1) is 14.5. The number of halogens is 1. The largest absolute Gasteiger partial charge is 0.427 e. The van der Waals surface area contributed by atoms with Gasteiger partial charge in [0, 0.05) is 55.3 Å². The highest BCUT2D eigenvalue weighted by Gasteiger charge is 2.37. The summed E-state index contributed by atoms with van der Waals surface area (Å²) in [6.45, 7) is 3.80. The van der Waals surface area contributed by atoms with Crippen molar-refractivity contribution in [2.45, 2.75) is 26.7 Å². The summed E-state index contributed by atoms with van der Waals surface area (Å²) in [5, 5.41) is 11.4. The van der Waals surface area contributed by atoms with Crippen molar-refractivity contribution in [3.8, 4) is 0 Å². The van der Waals surface area contributed by atoms with Crippen LogP contribution in [0, 0.1) is 15.5 Å². The number of allylic oxidation sites excluding steroid dienone is 2. The molecule has 0 aromatic heterocycles. The number of ketones is 1. The monoisotopic (exact) mass is 442 g/mol. The van der Waals surface area contributed by atoms with E-state index >= 15 is 0 Å². The molecule has 0 amide bonds. The summed E-state index contributed by atoms with van der Waals surface area (Å²) in [6.07, 6.45) is 0.522. The Labute approximate surface area is 185 Å². The SMILES string of the molecule is CN(C)c1ccc(C(=O)OC2=C(c3cc([N+](=O)[O-])ccc3Cl)C(=O)CC(C)(C)C2)cc1. The number of hydrogen-bond donors (Lipinski definition) is 0. The minimum Gasteiger partial charge on any atom is -0.427 e. The number of anilines is 1. The first-order valence-corrected chi connectivity index (χ1v) is 10.1. The molecule has 0 atom stereocenters. The Kier molecular flexibility index (Phi) is 6.18. The van der Waals surface area contributed by atoms with Gasteiger partial charge in [-0.3, -0.25) is 14.9 Å². The van der Waals surface area contributed by atoms with Gasteiger partial charge in [0.05, 0.1) is 16.1 Å². The molecule has 1 aliphatic rings. The Balaban J connectivity index is 2.06. The van der Waals surface area contributed by atoms with E-state index in [1.54, 1.807) is 24.3 Å². The predicted molar refractivity (Wildman–Crippen MR) is 119 cm³/mol. The van der Waals surface area contributed by atoms with Crippen molar-refractivity contribution < 1.29 is 19.2 Å². The number of ether oxygens (including phenoxy) is 1. The number of nitrogens with zero attached hydrogens (tertiary/aromatic N) is 2. The fraction of sp³-hybridized carbons (Fsp3) is 0.304. The van der Waals surface area contributed by atoms with Gasteiger partial charge in [-0.1, -0.05) is 25.4 Å². The summed E-state index contributed by atoms with van der Waals surface area (Å²) in [5.74, 6) is -0.709. The molecule has 0 bridgehead atoms. The number of nitro groups is 1. The fourth-order valence-corrected chi connectivity index (χ4v) is 3.75. The third-order valence-electron chi connectivity index (χ3n) is 5.10. The standard InChI is InChI=1S/C23H23ClN2O5/c1-23(2)12-19(27)21(17-11-16(26(29)30)9-10-18(17)24)20(13-23)31-22(28)14-5-7-15(8-6-14)25(3)4/h5-11H,12-13H2,1-4H3. The number of rotatable bonds is 5. The van der Waals surface area contributed by atoms with E-state index in [1.165, 1.54) is 18.2 Å². The van der Waals surface area contributed by atoms with Crippen molar-refractivity contribution in [3.05, 3.63) is 74.5 Å². The smallest absolute Gasteiger partial charge is 0.343 e. The second-order valence-electron chi connectivity index (χ2n) is 8.49. The van der Waals surface area contributed by atoms with Crippen LogP contribution in [0.3, 0.4) is 0 Å². The van der Waals surface area contributed by atoms with Crippen molar-refractivity contribution in [2.75, 3.05) is 19.0 Å². The molecule has 0 saturated heterocycles. The van der Waals surface area contributed by atoms with Crippen LogP contribution >= 0.6 is 11.6 Å². The van der Waals surface area contributed by atoms with Gasteiger partial charge in [0.15, 0.2) is 5.78 Å². The molecule has 162 valence electrons. The van der Waals surface area contributed by atoms with Crippen molar-refractivity contribution in [3.63, 3.8) is 0 Å². The molecular formula is C23H23ClN2O5. The van der Waals surface area contributed by atoms with Gasteiger partial charge in [-0.05, 0) is 35.7 Å². The Morgan fingerprint density at radius 3 is 2.35 bits per heavy atom. The van der Waals surface area contributed by atoms with Crippen molar-refractivity contribution in [1.29, 1.82) is 0 Å². The average molecular weight is 443 g/mol. The summed E-state index contributed by atoms with van der Waals surface area (Å²) in [6, 6.07) is 10.8. The number of Topliss-reactive ketones (excluding diaryl/α,β-unsaturated/α-hetero) is 1. The molecule has 0 radical (unpaired) electrons. The lowest BCUT2D eigenvalue weighted by atomic mass is 9.75. The van der Waals surface area contributed by atoms with Gasteiger partial charge in [-0.25, -0.2) is 4.79 Å². The first kappa shape index (κ1) is 22.5. The molecule has 0 heterocycles. The molecule has 0 spiro atoms. The number of carbonyl (C=O) groups excluding carboxylic acids is 2. The quantitative estimate of drug-likeness (QED) is 0.356. The van der Waals surface area contributed by atoms with E-state index in [4.69, 9.17) is 16.3 Å². The zero-order valence-electron chi connectivity index (χ0n) is 17.8. The zero-order valence-corrected chi connectivity index (χ0v) is 18.5. The Hall–Kier alpha value is -3.19. The molecule has 0 N–H and O–H groups in total. The Morgan fingerprint density at radius 1 is 1.13 bits per heavy atom. The molecule has 31 heavy (non-hydrogen) atoms. The van der Waals surface area contributed by atoms with Crippen molar-refractivity contribution >= 4 is 40.3 Å². The van der Waals surface area contributed by atoms with Crippen molar-refractivity contribution in [1.82, 2.24) is 0 Å². The van der Waals surface area contributed by atoms with E-state index in [0.717, 1.165) is 5.69 Å². The van der Waals surface area contributed by atoms with E-state index in [9.17, 15) is 19.7 Å². The van der Waals surface area contributed by atoms with Crippen LogP contribution in [0.25, 0.3) is 5.57 Å². The molecule has 0 fully saturated rings. The number of benzene rings is 2. The second kappa shape index (κ2) is 8.51. The molecule has 2 aromatic carbocycles. The summed E-state index contributed by atoms with van der Waals surface area (Å²) in [4.78, 5) is 38.4. The van der Waals surface area contributed by atoms with Gasteiger partial charge >= 0.3 is 5.97 Å².